The molecule has 0 nitrogen and oxygen atoms in total. The second-order valence-corrected chi connectivity index (χ2v) is 3.98. The van der Waals surface area contributed by atoms with E-state index < -0.39 is 0 Å². The number of rotatable bonds is 0. The SMILES string of the molecule is C1CCCCC1.CCC.c1ccccc1. The highest BCUT2D eigenvalue weighted by Crippen LogP contribution is 2.15. The highest BCUT2D eigenvalue weighted by molar-refractivity contribution is 4.99. The Balaban J connectivity index is 0.000000210. The third-order valence-corrected chi connectivity index (χ3v) is 2.17. The van der Waals surface area contributed by atoms with Crippen molar-refractivity contribution in [2.75, 3.05) is 0 Å². The lowest BCUT2D eigenvalue weighted by Crippen LogP contribution is -1.85. The molecule has 0 heterocycles. The van der Waals surface area contributed by atoms with E-state index in [9.17, 15) is 0 Å². The molecule has 0 saturated heterocycles. The first-order valence-corrected chi connectivity index (χ1v) is 6.41. The van der Waals surface area contributed by atoms with Crippen LogP contribution in [0, 0.1) is 0 Å². The summed E-state index contributed by atoms with van der Waals surface area (Å²) in [4.78, 5) is 0. The van der Waals surface area contributed by atoms with Gasteiger partial charge in [0, 0.05) is 0 Å². The van der Waals surface area contributed by atoms with E-state index in [2.05, 4.69) is 13.8 Å². The average Bonchev–Trinajstić information content (AvgIpc) is 2.35. The molecule has 1 aliphatic rings. The van der Waals surface area contributed by atoms with Gasteiger partial charge in [-0.05, 0) is 0 Å². The summed E-state index contributed by atoms with van der Waals surface area (Å²) in [6.45, 7) is 4.25. The summed E-state index contributed by atoms with van der Waals surface area (Å²) >= 11 is 0. The van der Waals surface area contributed by atoms with Crippen LogP contribution in [0.2, 0.25) is 0 Å². The summed E-state index contributed by atoms with van der Waals surface area (Å²) in [6, 6.07) is 12.0. The number of hydrogen-bond acceptors (Lipinski definition) is 0. The van der Waals surface area contributed by atoms with Crippen LogP contribution in [0.5, 0.6) is 0 Å². The molecule has 2 rings (SSSR count). The minimum absolute atomic E-state index is 1.25. The molecule has 0 aliphatic heterocycles. The maximum Gasteiger partial charge on any atom is -0.0533 e. The molecule has 0 bridgehead atoms. The molecule has 0 spiro atoms. The van der Waals surface area contributed by atoms with Crippen LogP contribution in [-0.4, -0.2) is 0 Å². The van der Waals surface area contributed by atoms with E-state index in [1.54, 1.807) is 0 Å². The van der Waals surface area contributed by atoms with E-state index in [1.807, 2.05) is 36.4 Å². The van der Waals surface area contributed by atoms with Crippen LogP contribution in [0.1, 0.15) is 58.8 Å². The molecule has 0 radical (unpaired) electrons. The normalized spacial score (nSPS) is 14.0. The topological polar surface area (TPSA) is 0 Å². The van der Waals surface area contributed by atoms with Crippen LogP contribution in [0.25, 0.3) is 0 Å². The Labute approximate surface area is 95.7 Å². The van der Waals surface area contributed by atoms with Crippen molar-refractivity contribution in [2.45, 2.75) is 58.8 Å². The molecular formula is C15H26. The zero-order valence-corrected chi connectivity index (χ0v) is 10.4. The van der Waals surface area contributed by atoms with Crippen LogP contribution < -0.4 is 0 Å². The van der Waals surface area contributed by atoms with Crippen molar-refractivity contribution in [3.8, 4) is 0 Å². The maximum absolute atomic E-state index is 2.12. The minimum Gasteiger partial charge on any atom is -0.0656 e. The van der Waals surface area contributed by atoms with Crippen LogP contribution in [0.3, 0.4) is 0 Å². The lowest BCUT2D eigenvalue weighted by molar-refractivity contribution is 0.504. The van der Waals surface area contributed by atoms with Gasteiger partial charge in [0.25, 0.3) is 0 Å². The van der Waals surface area contributed by atoms with Crippen molar-refractivity contribution in [1.82, 2.24) is 0 Å². The van der Waals surface area contributed by atoms with Gasteiger partial charge < -0.3 is 0 Å². The molecule has 15 heavy (non-hydrogen) atoms. The standard InChI is InChI=1S/C6H12.C6H6.C3H8/c2*1-2-4-6-5-3-1;1-3-2/h1-6H2;1-6H;3H2,1-2H3. The summed E-state index contributed by atoms with van der Waals surface area (Å²) < 4.78 is 0. The molecule has 1 saturated carbocycles. The Morgan fingerprint density at radius 2 is 0.667 bits per heavy atom. The van der Waals surface area contributed by atoms with E-state index in [-0.39, 0.29) is 0 Å². The van der Waals surface area contributed by atoms with E-state index in [0.717, 1.165) is 0 Å². The van der Waals surface area contributed by atoms with E-state index >= 15 is 0 Å². The van der Waals surface area contributed by atoms with Gasteiger partial charge in [0.05, 0.1) is 0 Å². The monoisotopic (exact) mass is 206 g/mol. The van der Waals surface area contributed by atoms with Crippen LogP contribution in [0.15, 0.2) is 36.4 Å². The van der Waals surface area contributed by atoms with Gasteiger partial charge in [-0.2, -0.15) is 0 Å². The Bertz CT molecular complexity index is 136. The van der Waals surface area contributed by atoms with Gasteiger partial charge in [-0.3, -0.25) is 0 Å². The first kappa shape index (κ1) is 14.2. The summed E-state index contributed by atoms with van der Waals surface area (Å²) in [5.74, 6) is 0. The van der Waals surface area contributed by atoms with E-state index in [4.69, 9.17) is 0 Å². The van der Waals surface area contributed by atoms with Crippen LogP contribution >= 0.6 is 0 Å². The highest BCUT2D eigenvalue weighted by atomic mass is 14.0. The predicted octanol–water partition coefficient (Wildman–Crippen LogP) is 5.44. The zero-order chi connectivity index (χ0) is 11.2. The molecule has 86 valence electrons. The lowest BCUT2D eigenvalue weighted by Gasteiger charge is -2.05. The minimum atomic E-state index is 1.25. The van der Waals surface area contributed by atoms with Gasteiger partial charge in [-0.1, -0.05) is 95.2 Å². The first-order valence-electron chi connectivity index (χ1n) is 6.41. The summed E-state index contributed by atoms with van der Waals surface area (Å²) in [7, 11) is 0. The predicted molar refractivity (Wildman–Crippen MR) is 70.1 cm³/mol. The Kier molecular flexibility index (Phi) is 12.5. The molecule has 0 atom stereocenters. The zero-order valence-electron chi connectivity index (χ0n) is 10.4. The third kappa shape index (κ3) is 13.2. The molecule has 0 N–H and O–H groups in total. The highest BCUT2D eigenvalue weighted by Gasteiger charge is 1.95. The molecule has 1 aromatic rings. The van der Waals surface area contributed by atoms with Crippen LogP contribution in [-0.2, 0) is 0 Å². The molecule has 0 amide bonds. The van der Waals surface area contributed by atoms with Crippen molar-refractivity contribution >= 4 is 0 Å². The number of benzene rings is 1. The molecule has 1 fully saturated rings. The van der Waals surface area contributed by atoms with Crippen molar-refractivity contribution in [2.24, 2.45) is 0 Å². The van der Waals surface area contributed by atoms with Crippen molar-refractivity contribution in [1.29, 1.82) is 0 Å². The fourth-order valence-corrected chi connectivity index (χ4v) is 1.45. The maximum atomic E-state index is 2.12. The van der Waals surface area contributed by atoms with Crippen LogP contribution in [0.4, 0.5) is 0 Å². The molecular weight excluding hydrogens is 180 g/mol. The Hall–Kier alpha value is -0.780. The largest absolute Gasteiger partial charge is 0.0656 e. The average molecular weight is 206 g/mol. The number of hydrogen-bond donors (Lipinski definition) is 0. The first-order chi connectivity index (χ1) is 7.41. The van der Waals surface area contributed by atoms with Gasteiger partial charge >= 0.3 is 0 Å². The van der Waals surface area contributed by atoms with Gasteiger partial charge in [-0.15, -0.1) is 0 Å². The third-order valence-electron chi connectivity index (χ3n) is 2.17. The summed E-state index contributed by atoms with van der Waals surface area (Å²) in [6.07, 6.45) is 10.2. The van der Waals surface area contributed by atoms with E-state index in [1.165, 1.54) is 44.9 Å². The van der Waals surface area contributed by atoms with Crippen molar-refractivity contribution < 1.29 is 0 Å². The molecule has 0 aromatic heterocycles. The molecule has 1 aliphatic carbocycles. The second kappa shape index (κ2) is 13.2. The molecule has 0 unspecified atom stereocenters. The molecule has 1 aromatic carbocycles. The fraction of sp³-hybridized carbons (Fsp3) is 0.600. The summed E-state index contributed by atoms with van der Waals surface area (Å²) in [5, 5.41) is 0. The van der Waals surface area contributed by atoms with Gasteiger partial charge in [0.2, 0.25) is 0 Å². The Morgan fingerprint density at radius 3 is 0.800 bits per heavy atom. The fourth-order valence-electron chi connectivity index (χ4n) is 1.45. The molecule has 0 heteroatoms. The summed E-state index contributed by atoms with van der Waals surface area (Å²) in [5.41, 5.74) is 0. The van der Waals surface area contributed by atoms with Gasteiger partial charge in [0.1, 0.15) is 0 Å². The van der Waals surface area contributed by atoms with E-state index in [0.29, 0.717) is 0 Å². The van der Waals surface area contributed by atoms with Crippen molar-refractivity contribution in [3.05, 3.63) is 36.4 Å². The lowest BCUT2D eigenvalue weighted by atomic mass is 10.0. The Morgan fingerprint density at radius 1 is 0.533 bits per heavy atom. The quantitative estimate of drug-likeness (QED) is 0.530. The van der Waals surface area contributed by atoms with Crippen molar-refractivity contribution in [3.63, 3.8) is 0 Å². The smallest absolute Gasteiger partial charge is 0.0533 e. The van der Waals surface area contributed by atoms with Gasteiger partial charge in [-0.25, -0.2) is 0 Å². The van der Waals surface area contributed by atoms with Gasteiger partial charge in [0.15, 0.2) is 0 Å². The second-order valence-electron chi connectivity index (χ2n) is 3.98.